The fourth-order valence-electron chi connectivity index (χ4n) is 2.68. The summed E-state index contributed by atoms with van der Waals surface area (Å²) < 4.78 is 11.0. The van der Waals surface area contributed by atoms with Crippen molar-refractivity contribution in [3.8, 4) is 11.5 Å². The number of esters is 1. The van der Waals surface area contributed by atoms with Crippen LogP contribution in [0.4, 0.5) is 4.79 Å². The van der Waals surface area contributed by atoms with E-state index in [9.17, 15) is 9.59 Å². The van der Waals surface area contributed by atoms with Gasteiger partial charge in [0.25, 0.3) is 5.89 Å². The lowest BCUT2D eigenvalue weighted by Crippen LogP contribution is -2.34. The van der Waals surface area contributed by atoms with Crippen LogP contribution in [0.15, 0.2) is 59.0 Å². The van der Waals surface area contributed by atoms with Gasteiger partial charge in [-0.05, 0) is 36.8 Å². The highest BCUT2D eigenvalue weighted by Gasteiger charge is 2.23. The van der Waals surface area contributed by atoms with Crippen molar-refractivity contribution < 1.29 is 18.7 Å². The van der Waals surface area contributed by atoms with Gasteiger partial charge in [-0.3, -0.25) is 4.79 Å². The Bertz CT molecular complexity index is 976. The number of carbonyl (C=O) groups is 2. The van der Waals surface area contributed by atoms with Crippen LogP contribution in [-0.4, -0.2) is 22.2 Å². The first-order valence-electron chi connectivity index (χ1n) is 8.82. The van der Waals surface area contributed by atoms with Gasteiger partial charge in [-0.1, -0.05) is 41.9 Å². The Labute approximate surface area is 172 Å². The van der Waals surface area contributed by atoms with Crippen molar-refractivity contribution in [1.82, 2.24) is 15.5 Å². The molecule has 1 aromatic heterocycles. The van der Waals surface area contributed by atoms with E-state index in [1.54, 1.807) is 31.2 Å². The topological polar surface area (TPSA) is 120 Å². The number of primary amides is 1. The largest absolute Gasteiger partial charge is 0.453 e. The Hall–Kier alpha value is -3.39. The lowest BCUT2D eigenvalue weighted by molar-refractivity contribution is -0.150. The van der Waals surface area contributed by atoms with E-state index in [4.69, 9.17) is 26.5 Å². The molecule has 0 aliphatic carbocycles. The van der Waals surface area contributed by atoms with E-state index in [2.05, 4.69) is 15.5 Å². The molecule has 2 atom stereocenters. The SMILES string of the molecule is C[C@@H](OC(=O)C[C@@H](NC(N)=O)c1ccc(Cl)cc1)c1nnc(-c2ccccc2)o1. The molecule has 8 nitrogen and oxygen atoms in total. The molecule has 0 aliphatic rings. The van der Waals surface area contributed by atoms with Gasteiger partial charge in [-0.15, -0.1) is 10.2 Å². The van der Waals surface area contributed by atoms with Crippen LogP contribution in [0.3, 0.4) is 0 Å². The number of carbonyl (C=O) groups excluding carboxylic acids is 2. The first kappa shape index (κ1) is 20.3. The van der Waals surface area contributed by atoms with Gasteiger partial charge in [-0.2, -0.15) is 0 Å². The number of halogens is 1. The van der Waals surface area contributed by atoms with Crippen molar-refractivity contribution >= 4 is 23.6 Å². The van der Waals surface area contributed by atoms with Crippen LogP contribution in [0.25, 0.3) is 11.5 Å². The van der Waals surface area contributed by atoms with Crippen LogP contribution in [-0.2, 0) is 9.53 Å². The fraction of sp³-hybridized carbons (Fsp3) is 0.200. The van der Waals surface area contributed by atoms with E-state index in [0.717, 1.165) is 5.56 Å². The number of benzene rings is 2. The van der Waals surface area contributed by atoms with Crippen LogP contribution in [0, 0.1) is 0 Å². The standard InChI is InChI=1S/C20H19ClN4O4/c1-12(18-24-25-19(29-18)14-5-3-2-4-6-14)28-17(26)11-16(23-20(22)27)13-7-9-15(21)10-8-13/h2-10,12,16H,11H2,1H3,(H3,22,23,27)/t12-,16-/m1/s1. The molecule has 3 rings (SSSR count). The third-order valence-corrected chi connectivity index (χ3v) is 4.33. The molecule has 0 bridgehead atoms. The number of hydrogen-bond acceptors (Lipinski definition) is 6. The maximum Gasteiger partial charge on any atom is 0.312 e. The van der Waals surface area contributed by atoms with Crippen LogP contribution in [0.2, 0.25) is 5.02 Å². The molecule has 0 radical (unpaired) electrons. The molecule has 9 heteroatoms. The molecule has 0 saturated carbocycles. The second-order valence-electron chi connectivity index (χ2n) is 6.26. The second kappa shape index (κ2) is 9.20. The lowest BCUT2D eigenvalue weighted by Gasteiger charge is -2.18. The number of hydrogen-bond donors (Lipinski definition) is 2. The van der Waals surface area contributed by atoms with Gasteiger partial charge in [0.1, 0.15) is 0 Å². The quantitative estimate of drug-likeness (QED) is 0.567. The predicted octanol–water partition coefficient (Wildman–Crippen LogP) is 3.79. The first-order chi connectivity index (χ1) is 13.9. The Balaban J connectivity index is 1.65. The zero-order valence-electron chi connectivity index (χ0n) is 15.5. The highest BCUT2D eigenvalue weighted by atomic mass is 35.5. The summed E-state index contributed by atoms with van der Waals surface area (Å²) in [5.41, 5.74) is 6.66. The van der Waals surface area contributed by atoms with Gasteiger partial charge >= 0.3 is 12.0 Å². The molecular weight excluding hydrogens is 396 g/mol. The summed E-state index contributed by atoms with van der Waals surface area (Å²) in [6, 6.07) is 14.5. The van der Waals surface area contributed by atoms with Crippen molar-refractivity contribution in [3.63, 3.8) is 0 Å². The molecule has 0 aliphatic heterocycles. The van der Waals surface area contributed by atoms with Gasteiger partial charge in [0.15, 0.2) is 6.10 Å². The average molecular weight is 415 g/mol. The Morgan fingerprint density at radius 3 is 2.48 bits per heavy atom. The number of ether oxygens (including phenoxy) is 1. The molecular formula is C20H19ClN4O4. The summed E-state index contributed by atoms with van der Waals surface area (Å²) in [5.74, 6) is -0.0632. The molecule has 0 spiro atoms. The molecule has 3 N–H and O–H groups in total. The summed E-state index contributed by atoms with van der Waals surface area (Å²) in [5, 5.41) is 11.0. The molecule has 2 aromatic carbocycles. The molecule has 29 heavy (non-hydrogen) atoms. The zero-order chi connectivity index (χ0) is 20.8. The highest BCUT2D eigenvalue weighted by Crippen LogP contribution is 2.24. The van der Waals surface area contributed by atoms with E-state index >= 15 is 0 Å². The summed E-state index contributed by atoms with van der Waals surface area (Å²) in [6.07, 6.45) is -0.888. The van der Waals surface area contributed by atoms with E-state index < -0.39 is 24.1 Å². The fourth-order valence-corrected chi connectivity index (χ4v) is 2.80. The molecule has 0 unspecified atom stereocenters. The molecule has 0 fully saturated rings. The smallest absolute Gasteiger partial charge is 0.312 e. The van der Waals surface area contributed by atoms with Crippen molar-refractivity contribution in [2.24, 2.45) is 5.73 Å². The monoisotopic (exact) mass is 414 g/mol. The highest BCUT2D eigenvalue weighted by molar-refractivity contribution is 6.30. The molecule has 150 valence electrons. The van der Waals surface area contributed by atoms with Crippen molar-refractivity contribution in [2.45, 2.75) is 25.5 Å². The molecule has 0 saturated heterocycles. The summed E-state index contributed by atoms with van der Waals surface area (Å²) >= 11 is 5.88. The average Bonchev–Trinajstić information content (AvgIpc) is 3.19. The number of urea groups is 1. The van der Waals surface area contributed by atoms with Gasteiger partial charge < -0.3 is 20.2 Å². The minimum absolute atomic E-state index is 0.130. The number of nitrogens with two attached hydrogens (primary N) is 1. The predicted molar refractivity (Wildman–Crippen MR) is 106 cm³/mol. The normalized spacial score (nSPS) is 12.8. The van der Waals surface area contributed by atoms with Crippen LogP contribution in [0.5, 0.6) is 0 Å². The number of nitrogens with zero attached hydrogens (tertiary/aromatic N) is 2. The van der Waals surface area contributed by atoms with Gasteiger partial charge in [0.2, 0.25) is 5.89 Å². The molecule has 1 heterocycles. The van der Waals surface area contributed by atoms with Gasteiger partial charge in [-0.25, -0.2) is 4.79 Å². The number of aromatic nitrogens is 2. The number of nitrogens with one attached hydrogen (secondary N) is 1. The van der Waals surface area contributed by atoms with Crippen LogP contribution < -0.4 is 11.1 Å². The number of amides is 2. The van der Waals surface area contributed by atoms with Gasteiger partial charge in [0, 0.05) is 10.6 Å². The summed E-state index contributed by atoms with van der Waals surface area (Å²) in [4.78, 5) is 23.7. The molecule has 2 amide bonds. The Kier molecular flexibility index (Phi) is 6.46. The van der Waals surface area contributed by atoms with Gasteiger partial charge in [0.05, 0.1) is 12.5 Å². The van der Waals surface area contributed by atoms with E-state index in [1.165, 1.54) is 0 Å². The minimum Gasteiger partial charge on any atom is -0.453 e. The number of rotatable bonds is 7. The Morgan fingerprint density at radius 2 is 1.83 bits per heavy atom. The zero-order valence-corrected chi connectivity index (χ0v) is 16.3. The van der Waals surface area contributed by atoms with E-state index in [1.807, 2.05) is 30.3 Å². The first-order valence-corrected chi connectivity index (χ1v) is 9.20. The van der Waals surface area contributed by atoms with Crippen LogP contribution >= 0.6 is 11.6 Å². The van der Waals surface area contributed by atoms with Crippen molar-refractivity contribution in [2.75, 3.05) is 0 Å². The maximum atomic E-state index is 12.4. The maximum absolute atomic E-state index is 12.4. The lowest BCUT2D eigenvalue weighted by atomic mass is 10.0. The third kappa shape index (κ3) is 5.55. The van der Waals surface area contributed by atoms with Crippen LogP contribution in [0.1, 0.15) is 36.9 Å². The van der Waals surface area contributed by atoms with E-state index in [0.29, 0.717) is 16.5 Å². The van der Waals surface area contributed by atoms with Crippen molar-refractivity contribution in [3.05, 3.63) is 71.1 Å². The van der Waals surface area contributed by atoms with Crippen molar-refractivity contribution in [1.29, 1.82) is 0 Å². The second-order valence-corrected chi connectivity index (χ2v) is 6.70. The summed E-state index contributed by atoms with van der Waals surface area (Å²) in [7, 11) is 0. The Morgan fingerprint density at radius 1 is 1.14 bits per heavy atom. The minimum atomic E-state index is -0.757. The third-order valence-electron chi connectivity index (χ3n) is 4.08. The molecule has 3 aromatic rings. The summed E-state index contributed by atoms with van der Waals surface area (Å²) in [6.45, 7) is 1.62. The van der Waals surface area contributed by atoms with E-state index in [-0.39, 0.29) is 12.3 Å².